The average Bonchev–Trinajstić information content (AvgIpc) is 3.13. The van der Waals surface area contributed by atoms with Crippen LogP contribution in [0.25, 0.3) is 0 Å². The fourth-order valence-electron chi connectivity index (χ4n) is 2.91. The Hall–Kier alpha value is -1.13. The molecule has 2 fully saturated rings. The third-order valence-electron chi connectivity index (χ3n) is 4.45. The van der Waals surface area contributed by atoms with E-state index in [9.17, 15) is 0 Å². The maximum absolute atomic E-state index is 8.85. The van der Waals surface area contributed by atoms with Crippen molar-refractivity contribution in [2.45, 2.75) is 38.1 Å². The van der Waals surface area contributed by atoms with Gasteiger partial charge in [-0.25, -0.2) is 0 Å². The highest BCUT2D eigenvalue weighted by Gasteiger charge is 2.35. The Kier molecular flexibility index (Phi) is 4.53. The Morgan fingerprint density at radius 3 is 3.00 bits per heavy atom. The topological polar surface area (TPSA) is 54.4 Å². The minimum absolute atomic E-state index is 0.323. The molecule has 3 unspecified atom stereocenters. The van der Waals surface area contributed by atoms with Crippen LogP contribution in [0.15, 0.2) is 18.5 Å². The number of nitrogens with one attached hydrogen (secondary N) is 1. The van der Waals surface area contributed by atoms with Crippen molar-refractivity contribution >= 4 is 0 Å². The molecular weight excluding hydrogens is 252 g/mol. The van der Waals surface area contributed by atoms with Crippen molar-refractivity contribution in [3.05, 3.63) is 24.0 Å². The van der Waals surface area contributed by atoms with Gasteiger partial charge in [-0.3, -0.25) is 4.98 Å². The molecule has 0 amide bonds. The summed E-state index contributed by atoms with van der Waals surface area (Å²) in [5.74, 6) is 2.49. The van der Waals surface area contributed by atoms with Crippen LogP contribution in [-0.2, 0) is 6.42 Å². The minimum atomic E-state index is 0.323. The van der Waals surface area contributed by atoms with E-state index >= 15 is 0 Å². The second-order valence-corrected chi connectivity index (χ2v) is 6.11. The lowest BCUT2D eigenvalue weighted by atomic mass is 10.1. The predicted octanol–water partition coefficient (Wildman–Crippen LogP) is 1.77. The van der Waals surface area contributed by atoms with Gasteiger partial charge in [-0.05, 0) is 62.1 Å². The Labute approximate surface area is 120 Å². The van der Waals surface area contributed by atoms with Crippen LogP contribution >= 0.6 is 0 Å². The summed E-state index contributed by atoms with van der Waals surface area (Å²) < 4.78 is 5.79. The molecule has 2 heterocycles. The molecule has 0 aromatic carbocycles. The van der Waals surface area contributed by atoms with E-state index < -0.39 is 0 Å². The third-order valence-corrected chi connectivity index (χ3v) is 4.45. The molecule has 0 radical (unpaired) electrons. The molecule has 1 aliphatic heterocycles. The fraction of sp³-hybridized carbons (Fsp3) is 0.688. The molecule has 0 spiro atoms. The molecule has 1 aromatic rings. The van der Waals surface area contributed by atoms with E-state index in [0.717, 1.165) is 50.0 Å². The van der Waals surface area contributed by atoms with Gasteiger partial charge in [0.2, 0.25) is 0 Å². The van der Waals surface area contributed by atoms with Crippen molar-refractivity contribution < 1.29 is 9.84 Å². The first-order valence-electron chi connectivity index (χ1n) is 7.76. The van der Waals surface area contributed by atoms with Crippen LogP contribution in [0.3, 0.4) is 0 Å². The first-order valence-corrected chi connectivity index (χ1v) is 7.76. The van der Waals surface area contributed by atoms with E-state index in [1.165, 1.54) is 18.4 Å². The maximum Gasteiger partial charge on any atom is 0.137 e. The third kappa shape index (κ3) is 3.70. The molecule has 1 aliphatic carbocycles. The molecule has 1 saturated carbocycles. The van der Waals surface area contributed by atoms with Gasteiger partial charge in [0, 0.05) is 18.8 Å². The summed E-state index contributed by atoms with van der Waals surface area (Å²) in [7, 11) is 0. The van der Waals surface area contributed by atoms with Gasteiger partial charge in [-0.1, -0.05) is 0 Å². The molecule has 2 aliphatic rings. The Morgan fingerprint density at radius 1 is 1.35 bits per heavy atom. The van der Waals surface area contributed by atoms with Crippen molar-refractivity contribution in [2.24, 2.45) is 11.8 Å². The molecule has 1 saturated heterocycles. The predicted molar refractivity (Wildman–Crippen MR) is 77.8 cm³/mol. The summed E-state index contributed by atoms with van der Waals surface area (Å²) in [5, 5.41) is 12.2. The Balaban J connectivity index is 1.45. The molecule has 4 heteroatoms. The zero-order valence-corrected chi connectivity index (χ0v) is 11.9. The maximum atomic E-state index is 8.85. The molecule has 3 atom stereocenters. The highest BCUT2D eigenvalue weighted by molar-refractivity contribution is 5.24. The van der Waals surface area contributed by atoms with Crippen LogP contribution in [0.2, 0.25) is 0 Å². The lowest BCUT2D eigenvalue weighted by molar-refractivity contribution is 0.216. The van der Waals surface area contributed by atoms with E-state index in [1.807, 2.05) is 6.20 Å². The van der Waals surface area contributed by atoms with Crippen molar-refractivity contribution in [1.29, 1.82) is 0 Å². The molecule has 110 valence electrons. The van der Waals surface area contributed by atoms with Gasteiger partial charge in [0.1, 0.15) is 12.4 Å². The van der Waals surface area contributed by atoms with Gasteiger partial charge in [-0.15, -0.1) is 0 Å². The summed E-state index contributed by atoms with van der Waals surface area (Å²) in [4.78, 5) is 4.29. The lowest BCUT2D eigenvalue weighted by Crippen LogP contribution is -2.46. The summed E-state index contributed by atoms with van der Waals surface area (Å²) in [6.07, 6.45) is 9.48. The second kappa shape index (κ2) is 6.55. The quantitative estimate of drug-likeness (QED) is 0.760. The monoisotopic (exact) mass is 276 g/mol. The highest BCUT2D eigenvalue weighted by Crippen LogP contribution is 2.44. The highest BCUT2D eigenvalue weighted by atomic mass is 16.5. The van der Waals surface area contributed by atoms with Crippen LogP contribution in [0.1, 0.15) is 31.2 Å². The van der Waals surface area contributed by atoms with Gasteiger partial charge >= 0.3 is 0 Å². The van der Waals surface area contributed by atoms with Gasteiger partial charge < -0.3 is 15.2 Å². The molecule has 0 bridgehead atoms. The zero-order chi connectivity index (χ0) is 13.8. The number of pyridine rings is 1. The van der Waals surface area contributed by atoms with Gasteiger partial charge in [0.25, 0.3) is 0 Å². The number of hydrogen-bond acceptors (Lipinski definition) is 4. The van der Waals surface area contributed by atoms with E-state index in [4.69, 9.17) is 9.84 Å². The molecular formula is C16H24N2O2. The van der Waals surface area contributed by atoms with Gasteiger partial charge in [0.05, 0.1) is 6.20 Å². The normalized spacial score (nSPS) is 27.9. The van der Waals surface area contributed by atoms with Crippen molar-refractivity contribution in [3.8, 4) is 5.75 Å². The van der Waals surface area contributed by atoms with Crippen LogP contribution in [0.5, 0.6) is 5.75 Å². The first-order chi connectivity index (χ1) is 9.85. The first kappa shape index (κ1) is 13.8. The van der Waals surface area contributed by atoms with Crippen molar-refractivity contribution in [2.75, 3.05) is 19.8 Å². The molecule has 4 nitrogen and oxygen atoms in total. The van der Waals surface area contributed by atoms with Crippen molar-refractivity contribution in [3.63, 3.8) is 0 Å². The number of ether oxygens (including phenoxy) is 1. The summed E-state index contributed by atoms with van der Waals surface area (Å²) in [6, 6.07) is 2.65. The van der Waals surface area contributed by atoms with E-state index in [0.29, 0.717) is 12.6 Å². The number of aliphatic hydroxyl groups is 1. The number of aliphatic hydroxyl groups excluding tert-OH is 1. The standard InChI is InChI=1S/C16H24N2O2/c19-5-1-2-13-8-14(13)6-12-7-16(10-17-9-12)20-11-15-3-4-18-15/h7,9-10,13-15,18-19H,1-6,8,11H2. The van der Waals surface area contributed by atoms with E-state index in [-0.39, 0.29) is 0 Å². The SMILES string of the molecule is OCCCC1CC1Cc1cncc(OCC2CCN2)c1. The lowest BCUT2D eigenvalue weighted by Gasteiger charge is -2.27. The number of rotatable bonds is 8. The molecule has 2 N–H and O–H groups in total. The van der Waals surface area contributed by atoms with Gasteiger partial charge in [-0.2, -0.15) is 0 Å². The summed E-state index contributed by atoms with van der Waals surface area (Å²) >= 11 is 0. The fourth-order valence-corrected chi connectivity index (χ4v) is 2.91. The van der Waals surface area contributed by atoms with Crippen LogP contribution < -0.4 is 10.1 Å². The smallest absolute Gasteiger partial charge is 0.137 e. The number of hydrogen-bond donors (Lipinski definition) is 2. The zero-order valence-electron chi connectivity index (χ0n) is 11.9. The number of aromatic nitrogens is 1. The van der Waals surface area contributed by atoms with Crippen LogP contribution in [0.4, 0.5) is 0 Å². The Bertz CT molecular complexity index is 434. The van der Waals surface area contributed by atoms with E-state index in [2.05, 4.69) is 16.4 Å². The molecule has 1 aromatic heterocycles. The Morgan fingerprint density at radius 2 is 2.25 bits per heavy atom. The van der Waals surface area contributed by atoms with E-state index in [1.54, 1.807) is 6.20 Å². The summed E-state index contributed by atoms with van der Waals surface area (Å²) in [6.45, 7) is 2.18. The second-order valence-electron chi connectivity index (χ2n) is 6.11. The van der Waals surface area contributed by atoms with Crippen LogP contribution in [-0.4, -0.2) is 35.9 Å². The minimum Gasteiger partial charge on any atom is -0.490 e. The van der Waals surface area contributed by atoms with Gasteiger partial charge in [0.15, 0.2) is 0 Å². The average molecular weight is 276 g/mol. The number of nitrogens with zero attached hydrogens (tertiary/aromatic N) is 1. The molecule has 3 rings (SSSR count). The molecule has 20 heavy (non-hydrogen) atoms. The van der Waals surface area contributed by atoms with Crippen molar-refractivity contribution in [1.82, 2.24) is 10.3 Å². The van der Waals surface area contributed by atoms with Crippen LogP contribution in [0, 0.1) is 11.8 Å². The summed E-state index contributed by atoms with van der Waals surface area (Å²) in [5.41, 5.74) is 1.28. The largest absolute Gasteiger partial charge is 0.490 e.